The summed E-state index contributed by atoms with van der Waals surface area (Å²) in [6, 6.07) is 0. The average molecular weight is 194 g/mol. The number of hydrogen-bond donors (Lipinski definition) is 2. The lowest BCUT2D eigenvalue weighted by Gasteiger charge is -2.26. The van der Waals surface area contributed by atoms with E-state index in [-0.39, 0.29) is 11.3 Å². The van der Waals surface area contributed by atoms with Crippen LogP contribution in [0.4, 0.5) is 0 Å². The highest BCUT2D eigenvalue weighted by molar-refractivity contribution is 5.84. The second kappa shape index (κ2) is 3.73. The SMILES string of the molecule is C=CCNC(=O)[C@@]12CCC[C@@H]1CNC2. The molecule has 0 radical (unpaired) electrons. The Morgan fingerprint density at radius 2 is 2.57 bits per heavy atom. The fourth-order valence-corrected chi connectivity index (χ4v) is 2.86. The third kappa shape index (κ3) is 1.36. The van der Waals surface area contributed by atoms with E-state index in [0.29, 0.717) is 12.5 Å². The number of fused-ring (bicyclic) bond motifs is 1. The Hall–Kier alpha value is -0.830. The van der Waals surface area contributed by atoms with Crippen LogP contribution in [-0.2, 0) is 4.79 Å². The molecule has 1 aliphatic heterocycles. The normalized spacial score (nSPS) is 35.3. The molecule has 3 nitrogen and oxygen atoms in total. The second-order valence-corrected chi connectivity index (χ2v) is 4.37. The summed E-state index contributed by atoms with van der Waals surface area (Å²) >= 11 is 0. The van der Waals surface area contributed by atoms with Gasteiger partial charge in [0.05, 0.1) is 5.41 Å². The van der Waals surface area contributed by atoms with Crippen molar-refractivity contribution in [1.82, 2.24) is 10.6 Å². The molecule has 0 spiro atoms. The molecule has 1 amide bonds. The van der Waals surface area contributed by atoms with Crippen LogP contribution >= 0.6 is 0 Å². The Labute approximate surface area is 84.9 Å². The van der Waals surface area contributed by atoms with E-state index in [9.17, 15) is 4.79 Å². The molecule has 2 N–H and O–H groups in total. The van der Waals surface area contributed by atoms with Gasteiger partial charge in [0.15, 0.2) is 0 Å². The zero-order valence-corrected chi connectivity index (χ0v) is 8.51. The summed E-state index contributed by atoms with van der Waals surface area (Å²) in [5, 5.41) is 6.28. The molecule has 2 aliphatic rings. The molecule has 2 atom stereocenters. The minimum Gasteiger partial charge on any atom is -0.352 e. The molecular formula is C11H18N2O. The minimum atomic E-state index is -0.0942. The van der Waals surface area contributed by atoms with Crippen molar-refractivity contribution in [1.29, 1.82) is 0 Å². The van der Waals surface area contributed by atoms with Crippen LogP contribution in [0.3, 0.4) is 0 Å². The quantitative estimate of drug-likeness (QED) is 0.649. The Balaban J connectivity index is 2.06. The molecule has 0 bridgehead atoms. The zero-order valence-electron chi connectivity index (χ0n) is 8.51. The van der Waals surface area contributed by atoms with E-state index in [1.165, 1.54) is 12.8 Å². The molecule has 0 aromatic heterocycles. The molecule has 0 aromatic rings. The first-order valence-electron chi connectivity index (χ1n) is 5.39. The highest BCUT2D eigenvalue weighted by atomic mass is 16.2. The lowest BCUT2D eigenvalue weighted by Crippen LogP contribution is -2.43. The first-order valence-corrected chi connectivity index (χ1v) is 5.39. The monoisotopic (exact) mass is 194 g/mol. The maximum atomic E-state index is 12.0. The Kier molecular flexibility index (Phi) is 2.59. The van der Waals surface area contributed by atoms with Gasteiger partial charge in [-0.15, -0.1) is 6.58 Å². The number of nitrogens with one attached hydrogen (secondary N) is 2. The van der Waals surface area contributed by atoms with Crippen molar-refractivity contribution in [3.8, 4) is 0 Å². The van der Waals surface area contributed by atoms with Crippen LogP contribution in [-0.4, -0.2) is 25.5 Å². The topological polar surface area (TPSA) is 41.1 Å². The maximum absolute atomic E-state index is 12.0. The van der Waals surface area contributed by atoms with Crippen LogP contribution in [0.15, 0.2) is 12.7 Å². The van der Waals surface area contributed by atoms with Crippen molar-refractivity contribution in [2.75, 3.05) is 19.6 Å². The highest BCUT2D eigenvalue weighted by Gasteiger charge is 2.51. The number of hydrogen-bond acceptors (Lipinski definition) is 2. The number of carbonyl (C=O) groups excluding carboxylic acids is 1. The first kappa shape index (κ1) is 9.71. The molecule has 78 valence electrons. The molecule has 2 fully saturated rings. The number of amides is 1. The van der Waals surface area contributed by atoms with Gasteiger partial charge in [-0.2, -0.15) is 0 Å². The van der Waals surface area contributed by atoms with Crippen LogP contribution < -0.4 is 10.6 Å². The minimum absolute atomic E-state index is 0.0942. The lowest BCUT2D eigenvalue weighted by atomic mass is 9.80. The summed E-state index contributed by atoms with van der Waals surface area (Å²) < 4.78 is 0. The van der Waals surface area contributed by atoms with Crippen LogP contribution in [0.25, 0.3) is 0 Å². The van der Waals surface area contributed by atoms with Gasteiger partial charge in [0.1, 0.15) is 0 Å². The van der Waals surface area contributed by atoms with E-state index >= 15 is 0 Å². The summed E-state index contributed by atoms with van der Waals surface area (Å²) in [5.74, 6) is 0.789. The average Bonchev–Trinajstić information content (AvgIpc) is 2.72. The standard InChI is InChI=1S/C11H18N2O/c1-2-6-13-10(14)11-5-3-4-9(11)7-12-8-11/h2,9,12H,1,3-8H2,(H,13,14)/t9-,11-/m1/s1. The van der Waals surface area contributed by atoms with Crippen LogP contribution in [0.1, 0.15) is 19.3 Å². The molecule has 0 aromatic carbocycles. The summed E-state index contributed by atoms with van der Waals surface area (Å²) in [7, 11) is 0. The van der Waals surface area contributed by atoms with Crippen LogP contribution in [0.5, 0.6) is 0 Å². The molecule has 1 saturated heterocycles. The summed E-state index contributed by atoms with van der Waals surface area (Å²) in [6.45, 7) is 6.08. The molecule has 1 aliphatic carbocycles. The molecule has 3 heteroatoms. The molecule has 2 rings (SSSR count). The smallest absolute Gasteiger partial charge is 0.228 e. The summed E-state index contributed by atoms with van der Waals surface area (Å²) in [4.78, 5) is 12.0. The second-order valence-electron chi connectivity index (χ2n) is 4.37. The van der Waals surface area contributed by atoms with E-state index in [2.05, 4.69) is 17.2 Å². The van der Waals surface area contributed by atoms with Gasteiger partial charge >= 0.3 is 0 Å². The fraction of sp³-hybridized carbons (Fsp3) is 0.727. The van der Waals surface area contributed by atoms with E-state index in [0.717, 1.165) is 19.5 Å². The molecule has 1 saturated carbocycles. The molecule has 0 unspecified atom stereocenters. The molecule has 14 heavy (non-hydrogen) atoms. The fourth-order valence-electron chi connectivity index (χ4n) is 2.86. The third-order valence-electron chi connectivity index (χ3n) is 3.65. The van der Waals surface area contributed by atoms with Gasteiger partial charge in [-0.3, -0.25) is 4.79 Å². The molecular weight excluding hydrogens is 176 g/mol. The maximum Gasteiger partial charge on any atom is 0.228 e. The lowest BCUT2D eigenvalue weighted by molar-refractivity contribution is -0.131. The van der Waals surface area contributed by atoms with Gasteiger partial charge in [-0.1, -0.05) is 12.5 Å². The Bertz CT molecular complexity index is 240. The van der Waals surface area contributed by atoms with Crippen molar-refractivity contribution in [2.24, 2.45) is 11.3 Å². The van der Waals surface area contributed by atoms with Crippen molar-refractivity contribution >= 4 is 5.91 Å². The Morgan fingerprint density at radius 3 is 3.36 bits per heavy atom. The summed E-state index contributed by atoms with van der Waals surface area (Å²) in [5.41, 5.74) is -0.0942. The van der Waals surface area contributed by atoms with Gasteiger partial charge in [0, 0.05) is 13.1 Å². The number of rotatable bonds is 3. The van der Waals surface area contributed by atoms with Crippen LogP contribution in [0.2, 0.25) is 0 Å². The Morgan fingerprint density at radius 1 is 1.71 bits per heavy atom. The van der Waals surface area contributed by atoms with Gasteiger partial charge in [0.2, 0.25) is 5.91 Å². The van der Waals surface area contributed by atoms with Crippen LogP contribution in [0, 0.1) is 11.3 Å². The van der Waals surface area contributed by atoms with Gasteiger partial charge in [0.25, 0.3) is 0 Å². The van der Waals surface area contributed by atoms with Gasteiger partial charge in [-0.25, -0.2) is 0 Å². The first-order chi connectivity index (χ1) is 6.79. The van der Waals surface area contributed by atoms with Crippen molar-refractivity contribution in [3.63, 3.8) is 0 Å². The number of carbonyl (C=O) groups is 1. The van der Waals surface area contributed by atoms with E-state index in [1.807, 2.05) is 0 Å². The van der Waals surface area contributed by atoms with Gasteiger partial charge < -0.3 is 10.6 Å². The summed E-state index contributed by atoms with van der Waals surface area (Å²) in [6.07, 6.45) is 5.19. The zero-order chi connectivity index (χ0) is 10.0. The molecule has 1 heterocycles. The van der Waals surface area contributed by atoms with E-state index in [1.54, 1.807) is 6.08 Å². The van der Waals surface area contributed by atoms with Crippen molar-refractivity contribution in [2.45, 2.75) is 19.3 Å². The largest absolute Gasteiger partial charge is 0.352 e. The third-order valence-corrected chi connectivity index (χ3v) is 3.65. The van der Waals surface area contributed by atoms with Crippen molar-refractivity contribution < 1.29 is 4.79 Å². The van der Waals surface area contributed by atoms with Crippen molar-refractivity contribution in [3.05, 3.63) is 12.7 Å². The van der Waals surface area contributed by atoms with E-state index < -0.39 is 0 Å². The highest BCUT2D eigenvalue weighted by Crippen LogP contribution is 2.45. The van der Waals surface area contributed by atoms with Gasteiger partial charge in [-0.05, 0) is 25.3 Å². The predicted octanol–water partition coefficient (Wildman–Crippen LogP) is 0.678. The predicted molar refractivity (Wildman–Crippen MR) is 55.9 cm³/mol. The van der Waals surface area contributed by atoms with E-state index in [4.69, 9.17) is 0 Å².